The first kappa shape index (κ1) is 23.5. The second kappa shape index (κ2) is 9.12. The molecule has 30 heavy (non-hydrogen) atoms. The fraction of sp³-hybridized carbons (Fsp3) is 0.857. The number of alkyl halides is 1. The normalized spacial score (nSPS) is 35.6. The Morgan fingerprint density at radius 1 is 1.40 bits per heavy atom. The van der Waals surface area contributed by atoms with Gasteiger partial charge in [-0.15, -0.1) is 0 Å². The van der Waals surface area contributed by atoms with Gasteiger partial charge in [0, 0.05) is 11.4 Å². The molecule has 2 amide bonds. The first-order valence-electron chi connectivity index (χ1n) is 10.9. The lowest BCUT2D eigenvalue weighted by Crippen LogP contribution is -2.59. The Balaban J connectivity index is 2.04. The molecule has 0 aromatic heterocycles. The lowest BCUT2D eigenvalue weighted by atomic mass is 9.70. The predicted octanol–water partition coefficient (Wildman–Crippen LogP) is 1.23. The number of hydrogen-bond acceptors (Lipinski definition) is 6. The van der Waals surface area contributed by atoms with Gasteiger partial charge in [-0.25, -0.2) is 0 Å². The Labute approximate surface area is 186 Å². The van der Waals surface area contributed by atoms with E-state index in [1.807, 2.05) is 20.8 Å². The molecule has 1 unspecified atom stereocenters. The van der Waals surface area contributed by atoms with Gasteiger partial charge in [-0.05, 0) is 25.7 Å². The van der Waals surface area contributed by atoms with Gasteiger partial charge in [-0.3, -0.25) is 14.4 Å². The summed E-state index contributed by atoms with van der Waals surface area (Å²) in [6, 6.07) is -1.44. The SMILES string of the molecule is CCCCNC(=O)[C@H]1N([C@@H](CO)C(C)C)C(=O)[C@@H]2[C@@H](C(=O)OCC)[C@@H]3O[C@@]21CC3Br. The highest BCUT2D eigenvalue weighted by molar-refractivity contribution is 9.09. The number of fused-ring (bicyclic) bond motifs is 1. The lowest BCUT2D eigenvalue weighted by molar-refractivity contribution is -0.155. The second-order valence-corrected chi connectivity index (χ2v) is 9.98. The van der Waals surface area contributed by atoms with E-state index in [9.17, 15) is 19.5 Å². The number of unbranched alkanes of at least 4 members (excludes halogenated alkanes) is 1. The summed E-state index contributed by atoms with van der Waals surface area (Å²) in [6.07, 6.45) is 1.69. The van der Waals surface area contributed by atoms with Crippen molar-refractivity contribution in [2.45, 2.75) is 75.6 Å². The third-order valence-electron chi connectivity index (χ3n) is 6.68. The summed E-state index contributed by atoms with van der Waals surface area (Å²) >= 11 is 3.61. The largest absolute Gasteiger partial charge is 0.466 e. The molecule has 1 spiro atoms. The van der Waals surface area contributed by atoms with E-state index in [1.165, 1.54) is 4.90 Å². The van der Waals surface area contributed by atoms with Crippen LogP contribution in [0.3, 0.4) is 0 Å². The molecule has 2 bridgehead atoms. The number of nitrogens with zero attached hydrogens (tertiary/aromatic N) is 1. The minimum Gasteiger partial charge on any atom is -0.466 e. The fourth-order valence-corrected chi connectivity index (χ4v) is 6.28. The summed E-state index contributed by atoms with van der Waals surface area (Å²) < 4.78 is 11.6. The van der Waals surface area contributed by atoms with E-state index in [-0.39, 0.29) is 35.8 Å². The quantitative estimate of drug-likeness (QED) is 0.287. The summed E-state index contributed by atoms with van der Waals surface area (Å²) in [7, 11) is 0. The van der Waals surface area contributed by atoms with Crippen LogP contribution >= 0.6 is 15.9 Å². The zero-order chi connectivity index (χ0) is 22.2. The van der Waals surface area contributed by atoms with Gasteiger partial charge in [0.05, 0.1) is 37.2 Å². The lowest BCUT2D eigenvalue weighted by Gasteiger charge is -2.38. The highest BCUT2D eigenvalue weighted by atomic mass is 79.9. The van der Waals surface area contributed by atoms with Crippen molar-refractivity contribution < 1.29 is 29.0 Å². The minimum atomic E-state index is -1.11. The van der Waals surface area contributed by atoms with Gasteiger partial charge in [0.25, 0.3) is 0 Å². The van der Waals surface area contributed by atoms with Gasteiger partial charge in [0.1, 0.15) is 11.6 Å². The van der Waals surface area contributed by atoms with Crippen LogP contribution in [0, 0.1) is 17.8 Å². The molecule has 9 heteroatoms. The Morgan fingerprint density at radius 2 is 2.10 bits per heavy atom. The summed E-state index contributed by atoms with van der Waals surface area (Å²) in [5, 5.41) is 13.0. The third-order valence-corrected chi connectivity index (χ3v) is 7.52. The van der Waals surface area contributed by atoms with Crippen molar-refractivity contribution >= 4 is 33.7 Å². The summed E-state index contributed by atoms with van der Waals surface area (Å²) in [5.74, 6) is -2.69. The number of aliphatic hydroxyl groups is 1. The number of rotatable bonds is 9. The maximum Gasteiger partial charge on any atom is 0.312 e. The van der Waals surface area contributed by atoms with Crippen LogP contribution in [0.15, 0.2) is 0 Å². The highest BCUT2D eigenvalue weighted by Crippen LogP contribution is 2.60. The summed E-state index contributed by atoms with van der Waals surface area (Å²) in [4.78, 5) is 41.2. The van der Waals surface area contributed by atoms with Crippen LogP contribution < -0.4 is 5.32 Å². The zero-order valence-corrected chi connectivity index (χ0v) is 19.7. The molecule has 7 atom stereocenters. The van der Waals surface area contributed by atoms with Crippen molar-refractivity contribution in [2.24, 2.45) is 17.8 Å². The second-order valence-electron chi connectivity index (χ2n) is 8.80. The van der Waals surface area contributed by atoms with E-state index in [0.717, 1.165) is 12.8 Å². The van der Waals surface area contributed by atoms with E-state index >= 15 is 0 Å². The van der Waals surface area contributed by atoms with Crippen LogP contribution in [0.2, 0.25) is 0 Å². The van der Waals surface area contributed by atoms with Crippen molar-refractivity contribution in [3.05, 3.63) is 0 Å². The first-order valence-corrected chi connectivity index (χ1v) is 11.9. The standard InChI is InChI=1S/C21H33BrN2O6/c1-5-7-8-23-18(26)17-21-9-12(22)16(30-21)14(20(28)29-6-2)15(21)19(27)24(17)13(10-25)11(3)4/h11-17,25H,5-10H2,1-4H3,(H,23,26)/t12?,13-,14+,15-,16+,17+,21-/m0/s1. The molecular weight excluding hydrogens is 456 g/mol. The summed E-state index contributed by atoms with van der Waals surface area (Å²) in [5.41, 5.74) is -1.11. The van der Waals surface area contributed by atoms with Crippen molar-refractivity contribution in [3.63, 3.8) is 0 Å². The summed E-state index contributed by atoms with van der Waals surface area (Å²) in [6.45, 7) is 8.01. The molecule has 0 aromatic carbocycles. The first-order chi connectivity index (χ1) is 14.2. The molecule has 170 valence electrons. The van der Waals surface area contributed by atoms with Crippen LogP contribution in [0.5, 0.6) is 0 Å². The molecule has 3 heterocycles. The zero-order valence-electron chi connectivity index (χ0n) is 18.1. The van der Waals surface area contributed by atoms with Gasteiger partial charge in [-0.2, -0.15) is 0 Å². The molecule has 0 radical (unpaired) electrons. The number of carbonyl (C=O) groups excluding carboxylic acids is 3. The maximum atomic E-state index is 13.7. The van der Waals surface area contributed by atoms with E-state index < -0.39 is 41.6 Å². The molecular formula is C21H33BrN2O6. The van der Waals surface area contributed by atoms with Crippen LogP contribution in [-0.2, 0) is 23.9 Å². The molecule has 2 N–H and O–H groups in total. The Bertz CT molecular complexity index is 688. The van der Waals surface area contributed by atoms with Gasteiger partial charge in [0.2, 0.25) is 11.8 Å². The van der Waals surface area contributed by atoms with E-state index in [2.05, 4.69) is 21.2 Å². The van der Waals surface area contributed by atoms with Crippen molar-refractivity contribution in [2.75, 3.05) is 19.8 Å². The van der Waals surface area contributed by atoms with E-state index in [1.54, 1.807) is 6.92 Å². The smallest absolute Gasteiger partial charge is 0.312 e. The van der Waals surface area contributed by atoms with Crippen molar-refractivity contribution in [1.82, 2.24) is 10.2 Å². The number of nitrogens with one attached hydrogen (secondary N) is 1. The van der Waals surface area contributed by atoms with Crippen molar-refractivity contribution in [3.8, 4) is 0 Å². The number of aliphatic hydroxyl groups excluding tert-OH is 1. The monoisotopic (exact) mass is 488 g/mol. The van der Waals surface area contributed by atoms with Gasteiger partial charge in [-0.1, -0.05) is 43.1 Å². The van der Waals surface area contributed by atoms with Gasteiger partial charge in [0.15, 0.2) is 0 Å². The molecule has 0 aliphatic carbocycles. The Kier molecular flexibility index (Phi) is 7.14. The number of ether oxygens (including phenoxy) is 2. The topological polar surface area (TPSA) is 105 Å². The number of halogens is 1. The number of hydrogen-bond donors (Lipinski definition) is 2. The molecule has 3 rings (SSSR count). The molecule has 0 saturated carbocycles. The maximum absolute atomic E-state index is 13.7. The highest BCUT2D eigenvalue weighted by Gasteiger charge is 2.77. The van der Waals surface area contributed by atoms with Crippen molar-refractivity contribution in [1.29, 1.82) is 0 Å². The van der Waals surface area contributed by atoms with Crippen LogP contribution in [0.4, 0.5) is 0 Å². The Hall–Kier alpha value is -1.19. The Morgan fingerprint density at radius 3 is 2.67 bits per heavy atom. The third kappa shape index (κ3) is 3.56. The molecule has 3 fully saturated rings. The number of amides is 2. The molecule has 3 aliphatic heterocycles. The molecule has 8 nitrogen and oxygen atoms in total. The average Bonchev–Trinajstić information content (AvgIpc) is 3.27. The van der Waals surface area contributed by atoms with Crippen LogP contribution in [0.25, 0.3) is 0 Å². The van der Waals surface area contributed by atoms with Gasteiger partial charge >= 0.3 is 5.97 Å². The number of likely N-dealkylation sites (tertiary alicyclic amines) is 1. The number of carbonyl (C=O) groups is 3. The molecule has 3 aliphatic rings. The van der Waals surface area contributed by atoms with E-state index in [0.29, 0.717) is 13.0 Å². The van der Waals surface area contributed by atoms with Crippen LogP contribution in [-0.4, -0.2) is 76.2 Å². The molecule has 0 aromatic rings. The fourth-order valence-electron chi connectivity index (χ4n) is 5.34. The average molecular weight is 489 g/mol. The van der Waals surface area contributed by atoms with Gasteiger partial charge < -0.3 is 24.8 Å². The van der Waals surface area contributed by atoms with Crippen LogP contribution in [0.1, 0.15) is 47.0 Å². The number of esters is 1. The predicted molar refractivity (Wildman–Crippen MR) is 113 cm³/mol. The van der Waals surface area contributed by atoms with E-state index in [4.69, 9.17) is 9.47 Å². The molecule has 3 saturated heterocycles. The minimum absolute atomic E-state index is 0.0712.